The van der Waals surface area contributed by atoms with Gasteiger partial charge < -0.3 is 15.4 Å². The molecule has 0 fully saturated rings. The van der Waals surface area contributed by atoms with E-state index in [1.54, 1.807) is 25.2 Å². The van der Waals surface area contributed by atoms with E-state index in [9.17, 15) is 22.8 Å². The van der Waals surface area contributed by atoms with Crippen LogP contribution in [-0.4, -0.2) is 25.5 Å². The molecule has 0 unspecified atom stereocenters. The molecular formula is C16H13F3N2O3. The Morgan fingerprint density at radius 3 is 2.42 bits per heavy atom. The van der Waals surface area contributed by atoms with Crippen LogP contribution in [0.3, 0.4) is 0 Å². The summed E-state index contributed by atoms with van der Waals surface area (Å²) in [6.45, 7) is -0.713. The van der Waals surface area contributed by atoms with Crippen LogP contribution in [0.2, 0.25) is 0 Å². The van der Waals surface area contributed by atoms with E-state index in [0.29, 0.717) is 11.8 Å². The first-order valence-corrected chi connectivity index (χ1v) is 6.81. The molecule has 0 heterocycles. The summed E-state index contributed by atoms with van der Waals surface area (Å²) in [6, 6.07) is 8.01. The van der Waals surface area contributed by atoms with Crippen LogP contribution in [-0.2, 0) is 9.53 Å². The first-order valence-electron chi connectivity index (χ1n) is 6.81. The Morgan fingerprint density at radius 2 is 1.71 bits per heavy atom. The lowest BCUT2D eigenvalue weighted by Crippen LogP contribution is -2.22. The molecule has 0 saturated carbocycles. The van der Waals surface area contributed by atoms with Gasteiger partial charge in [-0.25, -0.2) is 18.0 Å². The average Bonchev–Trinajstić information content (AvgIpc) is 2.60. The number of rotatable bonds is 5. The normalized spacial score (nSPS) is 10.2. The van der Waals surface area contributed by atoms with Gasteiger partial charge in [0.05, 0.1) is 11.3 Å². The molecule has 0 aromatic heterocycles. The Balaban J connectivity index is 1.99. The van der Waals surface area contributed by atoms with Gasteiger partial charge in [-0.2, -0.15) is 0 Å². The molecule has 0 spiro atoms. The summed E-state index contributed by atoms with van der Waals surface area (Å²) in [6.07, 6.45) is 0. The minimum Gasteiger partial charge on any atom is -0.452 e. The predicted molar refractivity (Wildman–Crippen MR) is 81.2 cm³/mol. The van der Waals surface area contributed by atoms with Crippen molar-refractivity contribution >= 4 is 23.3 Å². The fourth-order valence-electron chi connectivity index (χ4n) is 1.90. The number of halogens is 3. The van der Waals surface area contributed by atoms with E-state index >= 15 is 0 Å². The van der Waals surface area contributed by atoms with Crippen molar-refractivity contribution in [3.63, 3.8) is 0 Å². The Bertz CT molecular complexity index is 781. The quantitative estimate of drug-likeness (QED) is 0.650. The molecule has 8 heteroatoms. The standard InChI is InChI=1S/C16H13F3N2O3/c1-20-11-5-3-2-4-9(11)16(23)24-8-13(22)21-12-7-6-10(17)14(18)15(12)19/h2-7,20H,8H2,1H3,(H,21,22). The summed E-state index contributed by atoms with van der Waals surface area (Å²) in [5.74, 6) is -6.26. The number of nitrogens with one attached hydrogen (secondary N) is 2. The van der Waals surface area contributed by atoms with Gasteiger partial charge >= 0.3 is 5.97 Å². The summed E-state index contributed by atoms with van der Waals surface area (Å²) >= 11 is 0. The van der Waals surface area contributed by atoms with E-state index in [1.807, 2.05) is 5.32 Å². The smallest absolute Gasteiger partial charge is 0.340 e. The molecular weight excluding hydrogens is 325 g/mol. The molecule has 0 aliphatic heterocycles. The van der Waals surface area contributed by atoms with E-state index in [4.69, 9.17) is 4.74 Å². The molecule has 5 nitrogen and oxygen atoms in total. The van der Waals surface area contributed by atoms with Crippen molar-refractivity contribution in [3.8, 4) is 0 Å². The van der Waals surface area contributed by atoms with Crippen LogP contribution in [0.4, 0.5) is 24.5 Å². The lowest BCUT2D eigenvalue weighted by Gasteiger charge is -2.10. The third-order valence-corrected chi connectivity index (χ3v) is 3.06. The van der Waals surface area contributed by atoms with Gasteiger partial charge in [0.1, 0.15) is 0 Å². The Morgan fingerprint density at radius 1 is 1.00 bits per heavy atom. The third kappa shape index (κ3) is 3.83. The maximum Gasteiger partial charge on any atom is 0.340 e. The van der Waals surface area contributed by atoms with E-state index in [0.717, 1.165) is 6.07 Å². The monoisotopic (exact) mass is 338 g/mol. The molecule has 24 heavy (non-hydrogen) atoms. The summed E-state index contributed by atoms with van der Waals surface area (Å²) in [4.78, 5) is 23.6. The molecule has 0 atom stereocenters. The summed E-state index contributed by atoms with van der Waals surface area (Å²) in [5.41, 5.74) is 0.173. The maximum absolute atomic E-state index is 13.4. The van der Waals surface area contributed by atoms with Gasteiger partial charge in [0, 0.05) is 12.7 Å². The van der Waals surface area contributed by atoms with Crippen molar-refractivity contribution in [1.29, 1.82) is 0 Å². The Kier molecular flexibility index (Phi) is 5.41. The topological polar surface area (TPSA) is 67.4 Å². The highest BCUT2D eigenvalue weighted by atomic mass is 19.2. The minimum atomic E-state index is -1.70. The van der Waals surface area contributed by atoms with Gasteiger partial charge in [0.15, 0.2) is 24.1 Å². The second kappa shape index (κ2) is 7.49. The van der Waals surface area contributed by atoms with Gasteiger partial charge in [-0.3, -0.25) is 4.79 Å². The first-order chi connectivity index (χ1) is 11.4. The molecule has 2 N–H and O–H groups in total. The zero-order chi connectivity index (χ0) is 17.7. The van der Waals surface area contributed by atoms with Crippen molar-refractivity contribution in [1.82, 2.24) is 0 Å². The molecule has 0 radical (unpaired) electrons. The number of hydrogen-bond acceptors (Lipinski definition) is 4. The molecule has 2 aromatic rings. The van der Waals surface area contributed by atoms with Crippen molar-refractivity contribution in [2.75, 3.05) is 24.3 Å². The van der Waals surface area contributed by atoms with Crippen molar-refractivity contribution < 1.29 is 27.5 Å². The molecule has 0 bridgehead atoms. The number of carbonyl (C=O) groups excluding carboxylic acids is 2. The molecule has 0 aliphatic rings. The van der Waals surface area contributed by atoms with Crippen molar-refractivity contribution in [2.24, 2.45) is 0 Å². The lowest BCUT2D eigenvalue weighted by molar-refractivity contribution is -0.119. The number of ether oxygens (including phenoxy) is 1. The molecule has 2 aromatic carbocycles. The number of benzene rings is 2. The average molecular weight is 338 g/mol. The van der Waals surface area contributed by atoms with Gasteiger partial charge in [-0.1, -0.05) is 12.1 Å². The van der Waals surface area contributed by atoms with Gasteiger partial charge in [0.25, 0.3) is 5.91 Å². The Labute approximate surface area is 135 Å². The zero-order valence-electron chi connectivity index (χ0n) is 12.5. The fourth-order valence-corrected chi connectivity index (χ4v) is 1.90. The number of hydrogen-bond donors (Lipinski definition) is 2. The van der Waals surface area contributed by atoms with Crippen LogP contribution in [0.1, 0.15) is 10.4 Å². The van der Waals surface area contributed by atoms with Gasteiger partial charge in [-0.05, 0) is 24.3 Å². The van der Waals surface area contributed by atoms with E-state index in [2.05, 4.69) is 5.32 Å². The second-order valence-electron chi connectivity index (χ2n) is 4.64. The summed E-state index contributed by atoms with van der Waals surface area (Å²) in [7, 11) is 1.62. The van der Waals surface area contributed by atoms with Crippen LogP contribution in [0, 0.1) is 17.5 Å². The molecule has 126 valence electrons. The van der Waals surface area contributed by atoms with Gasteiger partial charge in [-0.15, -0.1) is 0 Å². The van der Waals surface area contributed by atoms with E-state index < -0.39 is 41.6 Å². The van der Waals surface area contributed by atoms with Crippen LogP contribution in [0.15, 0.2) is 36.4 Å². The summed E-state index contributed by atoms with van der Waals surface area (Å²) in [5, 5.41) is 4.79. The second-order valence-corrected chi connectivity index (χ2v) is 4.64. The first kappa shape index (κ1) is 17.3. The zero-order valence-corrected chi connectivity index (χ0v) is 12.5. The Hall–Kier alpha value is -3.03. The molecule has 0 saturated heterocycles. The van der Waals surface area contributed by atoms with Crippen molar-refractivity contribution in [3.05, 3.63) is 59.4 Å². The SMILES string of the molecule is CNc1ccccc1C(=O)OCC(=O)Nc1ccc(F)c(F)c1F. The highest BCUT2D eigenvalue weighted by molar-refractivity contribution is 5.98. The largest absolute Gasteiger partial charge is 0.452 e. The highest BCUT2D eigenvalue weighted by Crippen LogP contribution is 2.19. The van der Waals surface area contributed by atoms with Crippen molar-refractivity contribution in [2.45, 2.75) is 0 Å². The lowest BCUT2D eigenvalue weighted by atomic mass is 10.2. The molecule has 0 aliphatic carbocycles. The number of esters is 1. The third-order valence-electron chi connectivity index (χ3n) is 3.06. The minimum absolute atomic E-state index is 0.215. The van der Waals surface area contributed by atoms with E-state index in [-0.39, 0.29) is 5.56 Å². The van der Waals surface area contributed by atoms with Crippen LogP contribution in [0.25, 0.3) is 0 Å². The van der Waals surface area contributed by atoms with Gasteiger partial charge in [0.2, 0.25) is 0 Å². The number of para-hydroxylation sites is 1. The van der Waals surface area contributed by atoms with Crippen LogP contribution >= 0.6 is 0 Å². The fraction of sp³-hybridized carbons (Fsp3) is 0.125. The van der Waals surface area contributed by atoms with E-state index in [1.165, 1.54) is 6.07 Å². The molecule has 1 amide bonds. The maximum atomic E-state index is 13.4. The number of anilines is 2. The summed E-state index contributed by atoms with van der Waals surface area (Å²) < 4.78 is 44.1. The molecule has 2 rings (SSSR count). The predicted octanol–water partition coefficient (Wildman–Crippen LogP) is 2.94. The number of amides is 1. The van der Waals surface area contributed by atoms with Crippen LogP contribution in [0.5, 0.6) is 0 Å². The van der Waals surface area contributed by atoms with Crippen LogP contribution < -0.4 is 10.6 Å². The highest BCUT2D eigenvalue weighted by Gasteiger charge is 2.17. The number of carbonyl (C=O) groups is 2.